The first-order valence-corrected chi connectivity index (χ1v) is 12.5. The molecule has 2 amide bonds. The van der Waals surface area contributed by atoms with Gasteiger partial charge in [-0.05, 0) is 48.1 Å². The fourth-order valence-electron chi connectivity index (χ4n) is 4.04. The normalized spacial score (nSPS) is 11.8. The van der Waals surface area contributed by atoms with Crippen molar-refractivity contribution in [1.82, 2.24) is 10.2 Å². The summed E-state index contributed by atoms with van der Waals surface area (Å²) in [6.45, 7) is 8.95. The van der Waals surface area contributed by atoms with E-state index in [0.29, 0.717) is 23.9 Å². The summed E-state index contributed by atoms with van der Waals surface area (Å²) in [5, 5.41) is 3.64. The number of rotatable bonds is 10. The van der Waals surface area contributed by atoms with Crippen LogP contribution in [0.25, 0.3) is 0 Å². The van der Waals surface area contributed by atoms with E-state index in [-0.39, 0.29) is 24.8 Å². The number of halogens is 1. The molecule has 0 heterocycles. The van der Waals surface area contributed by atoms with E-state index in [1.54, 1.807) is 4.90 Å². The van der Waals surface area contributed by atoms with Gasteiger partial charge in [-0.2, -0.15) is 0 Å². The van der Waals surface area contributed by atoms with Crippen LogP contribution in [0, 0.1) is 19.8 Å². The minimum absolute atomic E-state index is 0.0979. The molecule has 1 N–H and O–H groups in total. The van der Waals surface area contributed by atoms with Crippen LogP contribution in [0.5, 0.6) is 0 Å². The van der Waals surface area contributed by atoms with Crippen molar-refractivity contribution >= 4 is 23.4 Å². The van der Waals surface area contributed by atoms with Crippen molar-refractivity contribution in [3.05, 3.63) is 106 Å². The van der Waals surface area contributed by atoms with E-state index in [1.165, 1.54) is 0 Å². The molecule has 0 unspecified atom stereocenters. The van der Waals surface area contributed by atoms with Crippen LogP contribution in [0.2, 0.25) is 5.02 Å². The molecule has 0 fully saturated rings. The summed E-state index contributed by atoms with van der Waals surface area (Å²) in [6.07, 6.45) is 0.647. The molecule has 0 saturated heterocycles. The molecule has 0 aromatic heterocycles. The van der Waals surface area contributed by atoms with E-state index in [4.69, 9.17) is 11.6 Å². The molecule has 0 radical (unpaired) electrons. The average Bonchev–Trinajstić information content (AvgIpc) is 2.83. The lowest BCUT2D eigenvalue weighted by molar-refractivity contribution is -0.140. The van der Waals surface area contributed by atoms with E-state index >= 15 is 0 Å². The molecule has 0 aliphatic rings. The molecule has 184 valence electrons. The van der Waals surface area contributed by atoms with Gasteiger partial charge in [0.15, 0.2) is 0 Å². The lowest BCUT2D eigenvalue weighted by Crippen LogP contribution is -2.51. The number of nitrogens with zero attached hydrogens (tertiary/aromatic N) is 1. The molecule has 0 spiro atoms. The Morgan fingerprint density at radius 1 is 0.914 bits per heavy atom. The Labute approximate surface area is 214 Å². The lowest BCUT2D eigenvalue weighted by atomic mass is 9.99. The highest BCUT2D eigenvalue weighted by Gasteiger charge is 2.31. The summed E-state index contributed by atoms with van der Waals surface area (Å²) in [4.78, 5) is 29.1. The van der Waals surface area contributed by atoms with Crippen molar-refractivity contribution in [3.8, 4) is 0 Å². The molecular formula is C30H35ClN2O2. The predicted octanol–water partition coefficient (Wildman–Crippen LogP) is 5.91. The third-order valence-corrected chi connectivity index (χ3v) is 6.47. The van der Waals surface area contributed by atoms with Gasteiger partial charge in [-0.1, -0.05) is 97.7 Å². The number of amides is 2. The van der Waals surface area contributed by atoms with Gasteiger partial charge in [-0.15, -0.1) is 0 Å². The minimum Gasteiger partial charge on any atom is -0.354 e. The number of nitrogens with one attached hydrogen (secondary N) is 1. The Morgan fingerprint density at radius 2 is 1.60 bits per heavy atom. The predicted molar refractivity (Wildman–Crippen MR) is 143 cm³/mol. The SMILES string of the molecule is Cc1ccc(C)c(CC(=O)N(Cc2ccccc2Cl)[C@@H](Cc2ccccc2)C(=O)NCC(C)C)c1. The van der Waals surface area contributed by atoms with Gasteiger partial charge >= 0.3 is 0 Å². The Bertz CT molecular complexity index is 1140. The van der Waals surface area contributed by atoms with Gasteiger partial charge in [-0.25, -0.2) is 0 Å². The van der Waals surface area contributed by atoms with Crippen molar-refractivity contribution in [3.63, 3.8) is 0 Å². The highest BCUT2D eigenvalue weighted by molar-refractivity contribution is 6.31. The zero-order chi connectivity index (χ0) is 25.4. The second kappa shape index (κ2) is 12.6. The fraction of sp³-hybridized carbons (Fsp3) is 0.333. The summed E-state index contributed by atoms with van der Waals surface area (Å²) in [7, 11) is 0. The molecule has 0 saturated carbocycles. The molecule has 3 aromatic rings. The molecular weight excluding hydrogens is 456 g/mol. The molecule has 1 atom stereocenters. The van der Waals surface area contributed by atoms with Crippen molar-refractivity contribution < 1.29 is 9.59 Å². The van der Waals surface area contributed by atoms with Crippen LogP contribution >= 0.6 is 11.6 Å². The molecule has 0 bridgehead atoms. The Kier molecular flexibility index (Phi) is 9.50. The van der Waals surface area contributed by atoms with Gasteiger partial charge in [0.05, 0.1) is 6.42 Å². The molecule has 0 aliphatic heterocycles. The largest absolute Gasteiger partial charge is 0.354 e. The number of benzene rings is 3. The van der Waals surface area contributed by atoms with Crippen LogP contribution in [0.4, 0.5) is 0 Å². The molecule has 0 aliphatic carbocycles. The number of aryl methyl sites for hydroxylation is 2. The minimum atomic E-state index is -0.662. The third-order valence-electron chi connectivity index (χ3n) is 6.10. The molecule has 5 heteroatoms. The lowest BCUT2D eigenvalue weighted by Gasteiger charge is -2.32. The smallest absolute Gasteiger partial charge is 0.243 e. The second-order valence-corrected chi connectivity index (χ2v) is 9.97. The number of carbonyl (C=O) groups is 2. The number of hydrogen-bond acceptors (Lipinski definition) is 2. The summed E-state index contributed by atoms with van der Waals surface area (Å²) >= 11 is 6.49. The van der Waals surface area contributed by atoms with E-state index in [0.717, 1.165) is 27.8 Å². The first-order valence-electron chi connectivity index (χ1n) is 12.1. The average molecular weight is 491 g/mol. The summed E-state index contributed by atoms with van der Waals surface area (Å²) < 4.78 is 0. The van der Waals surface area contributed by atoms with Crippen LogP contribution in [0.15, 0.2) is 72.8 Å². The van der Waals surface area contributed by atoms with E-state index < -0.39 is 6.04 Å². The monoisotopic (exact) mass is 490 g/mol. The maximum atomic E-state index is 13.9. The van der Waals surface area contributed by atoms with Crippen LogP contribution in [0.1, 0.15) is 41.7 Å². The van der Waals surface area contributed by atoms with Crippen molar-refractivity contribution in [2.75, 3.05) is 6.54 Å². The molecule has 4 nitrogen and oxygen atoms in total. The zero-order valence-corrected chi connectivity index (χ0v) is 21.8. The van der Waals surface area contributed by atoms with Gasteiger partial charge < -0.3 is 10.2 Å². The Hall–Kier alpha value is -3.11. The Balaban J connectivity index is 2.00. The van der Waals surface area contributed by atoms with Crippen molar-refractivity contribution in [2.24, 2.45) is 5.92 Å². The highest BCUT2D eigenvalue weighted by atomic mass is 35.5. The topological polar surface area (TPSA) is 49.4 Å². The van der Waals surface area contributed by atoms with Crippen molar-refractivity contribution in [1.29, 1.82) is 0 Å². The van der Waals surface area contributed by atoms with Crippen LogP contribution in [0.3, 0.4) is 0 Å². The maximum Gasteiger partial charge on any atom is 0.243 e. The summed E-state index contributed by atoms with van der Waals surface area (Å²) in [6, 6.07) is 22.8. The van der Waals surface area contributed by atoms with Gasteiger partial charge in [0.2, 0.25) is 11.8 Å². The van der Waals surface area contributed by atoms with Crippen LogP contribution in [-0.4, -0.2) is 29.3 Å². The van der Waals surface area contributed by atoms with E-state index in [9.17, 15) is 9.59 Å². The zero-order valence-electron chi connectivity index (χ0n) is 21.1. The third kappa shape index (κ3) is 7.69. The number of hydrogen-bond donors (Lipinski definition) is 1. The molecule has 35 heavy (non-hydrogen) atoms. The quantitative estimate of drug-likeness (QED) is 0.384. The second-order valence-electron chi connectivity index (χ2n) is 9.56. The van der Waals surface area contributed by atoms with Crippen molar-refractivity contribution in [2.45, 2.75) is 53.1 Å². The first kappa shape index (κ1) is 26.5. The van der Waals surface area contributed by atoms with E-state index in [2.05, 4.69) is 19.2 Å². The van der Waals surface area contributed by atoms with Gasteiger partial charge in [-0.3, -0.25) is 9.59 Å². The summed E-state index contributed by atoms with van der Waals surface area (Å²) in [5.41, 5.74) is 4.95. The van der Waals surface area contributed by atoms with Gasteiger partial charge in [0.25, 0.3) is 0 Å². The van der Waals surface area contributed by atoms with Crippen LogP contribution in [-0.2, 0) is 29.0 Å². The molecule has 3 rings (SSSR count). The number of carbonyl (C=O) groups excluding carboxylic acids is 2. The van der Waals surface area contributed by atoms with Gasteiger partial charge in [0.1, 0.15) is 6.04 Å². The van der Waals surface area contributed by atoms with Crippen LogP contribution < -0.4 is 5.32 Å². The fourth-order valence-corrected chi connectivity index (χ4v) is 4.24. The van der Waals surface area contributed by atoms with Gasteiger partial charge in [0, 0.05) is 24.5 Å². The molecule has 3 aromatic carbocycles. The Morgan fingerprint density at radius 3 is 2.29 bits per heavy atom. The highest BCUT2D eigenvalue weighted by Crippen LogP contribution is 2.22. The maximum absolute atomic E-state index is 13.9. The van der Waals surface area contributed by atoms with E-state index in [1.807, 2.05) is 86.6 Å². The standard InChI is InChI=1S/C30H35ClN2O2/c1-21(2)19-32-30(35)28(17-24-10-6-5-7-11-24)33(20-25-12-8-9-13-27(25)31)29(34)18-26-16-22(3)14-15-23(26)4/h5-16,21,28H,17-20H2,1-4H3,(H,32,35)/t28-/m0/s1. The first-order chi connectivity index (χ1) is 16.7. The summed E-state index contributed by atoms with van der Waals surface area (Å²) in [5.74, 6) is 0.0576.